The minimum atomic E-state index is -0.480. The zero-order chi connectivity index (χ0) is 18.0. The zero-order valence-electron chi connectivity index (χ0n) is 15.2. The summed E-state index contributed by atoms with van der Waals surface area (Å²) < 4.78 is 0. The molecule has 0 saturated heterocycles. The Morgan fingerprint density at radius 2 is 2.00 bits per heavy atom. The fourth-order valence-electron chi connectivity index (χ4n) is 4.48. The lowest BCUT2D eigenvalue weighted by molar-refractivity contribution is -0.133. The summed E-state index contributed by atoms with van der Waals surface area (Å²) >= 11 is 0. The van der Waals surface area contributed by atoms with E-state index in [0.29, 0.717) is 11.6 Å². The molecule has 0 spiro atoms. The van der Waals surface area contributed by atoms with Crippen molar-refractivity contribution in [3.63, 3.8) is 0 Å². The number of carbonyl (C=O) groups is 2. The molecule has 5 nitrogen and oxygen atoms in total. The van der Waals surface area contributed by atoms with Gasteiger partial charge in [-0.25, -0.2) is 5.48 Å². The average molecular weight is 344 g/mol. The van der Waals surface area contributed by atoms with Gasteiger partial charge in [0.25, 0.3) is 5.91 Å². The Balaban J connectivity index is 1.79. The Hall–Kier alpha value is -1.88. The third kappa shape index (κ3) is 3.87. The smallest absolute Gasteiger partial charge is 0.274 e. The molecule has 0 aliphatic heterocycles. The molecule has 136 valence electrons. The summed E-state index contributed by atoms with van der Waals surface area (Å²) in [5.41, 5.74) is 4.62. The van der Waals surface area contributed by atoms with E-state index in [1.807, 2.05) is 12.1 Å². The average Bonchev–Trinajstić information content (AvgIpc) is 3.12. The standard InChI is InChI=1S/C20H28N2O3/c1-14(23)22(18-5-3-4-6-18)13-20(2)10-9-15-7-8-16(19(24)21-25)11-17(15)12-20/h7-8,11,18,25H,3-6,9-10,12-13H2,1-2H3,(H,21,24). The van der Waals surface area contributed by atoms with E-state index < -0.39 is 5.91 Å². The molecule has 0 heterocycles. The van der Waals surface area contributed by atoms with Crippen LogP contribution in [0.5, 0.6) is 0 Å². The van der Waals surface area contributed by atoms with Gasteiger partial charge in [-0.1, -0.05) is 25.8 Å². The highest BCUT2D eigenvalue weighted by molar-refractivity contribution is 5.93. The number of hydroxylamine groups is 1. The minimum Gasteiger partial charge on any atom is -0.339 e. The van der Waals surface area contributed by atoms with Gasteiger partial charge in [0.2, 0.25) is 5.91 Å². The Labute approximate surface area is 149 Å². The van der Waals surface area contributed by atoms with E-state index in [-0.39, 0.29) is 11.3 Å². The summed E-state index contributed by atoms with van der Waals surface area (Å²) in [6, 6.07) is 6.01. The maximum atomic E-state index is 12.2. The van der Waals surface area contributed by atoms with Crippen LogP contribution in [0.3, 0.4) is 0 Å². The van der Waals surface area contributed by atoms with E-state index in [1.54, 1.807) is 18.5 Å². The molecule has 3 rings (SSSR count). The number of nitrogens with one attached hydrogen (secondary N) is 1. The molecule has 1 fully saturated rings. The Bertz CT molecular complexity index is 667. The molecule has 2 aliphatic rings. The van der Waals surface area contributed by atoms with Crippen molar-refractivity contribution in [2.45, 2.75) is 64.8 Å². The first kappa shape index (κ1) is 17.9. The fourth-order valence-corrected chi connectivity index (χ4v) is 4.48. The minimum absolute atomic E-state index is 0.0234. The SMILES string of the molecule is CC(=O)N(CC1(C)CCc2ccc(C(=O)NO)cc2C1)C1CCCC1. The highest BCUT2D eigenvalue weighted by Crippen LogP contribution is 2.38. The normalized spacial score (nSPS) is 23.2. The third-order valence-electron chi connectivity index (χ3n) is 5.91. The molecular weight excluding hydrogens is 316 g/mol. The van der Waals surface area contributed by atoms with Crippen molar-refractivity contribution in [2.75, 3.05) is 6.54 Å². The molecule has 5 heteroatoms. The third-order valence-corrected chi connectivity index (χ3v) is 5.91. The number of aryl methyl sites for hydroxylation is 1. The van der Waals surface area contributed by atoms with Crippen molar-refractivity contribution in [1.29, 1.82) is 0 Å². The number of rotatable bonds is 4. The molecule has 0 radical (unpaired) electrons. The highest BCUT2D eigenvalue weighted by atomic mass is 16.5. The van der Waals surface area contributed by atoms with Crippen LogP contribution in [0.25, 0.3) is 0 Å². The molecule has 1 aromatic rings. The number of hydrogen-bond donors (Lipinski definition) is 2. The van der Waals surface area contributed by atoms with Gasteiger partial charge in [0.1, 0.15) is 0 Å². The van der Waals surface area contributed by atoms with Crippen molar-refractivity contribution >= 4 is 11.8 Å². The maximum Gasteiger partial charge on any atom is 0.274 e. The summed E-state index contributed by atoms with van der Waals surface area (Å²) in [5.74, 6) is -0.307. The van der Waals surface area contributed by atoms with Crippen LogP contribution in [-0.2, 0) is 17.6 Å². The monoisotopic (exact) mass is 344 g/mol. The summed E-state index contributed by atoms with van der Waals surface area (Å²) in [4.78, 5) is 26.0. The lowest BCUT2D eigenvalue weighted by Crippen LogP contribution is -2.46. The second kappa shape index (κ2) is 7.16. The van der Waals surface area contributed by atoms with Gasteiger partial charge in [-0.05, 0) is 60.8 Å². The van der Waals surface area contributed by atoms with Crippen LogP contribution in [0, 0.1) is 5.41 Å². The van der Waals surface area contributed by atoms with Gasteiger partial charge in [0, 0.05) is 25.1 Å². The Morgan fingerprint density at radius 1 is 1.28 bits per heavy atom. The van der Waals surface area contributed by atoms with E-state index in [0.717, 1.165) is 44.2 Å². The van der Waals surface area contributed by atoms with E-state index >= 15 is 0 Å². The van der Waals surface area contributed by atoms with E-state index in [2.05, 4.69) is 11.8 Å². The van der Waals surface area contributed by atoms with Gasteiger partial charge >= 0.3 is 0 Å². The number of hydrogen-bond acceptors (Lipinski definition) is 3. The van der Waals surface area contributed by atoms with E-state index in [1.165, 1.54) is 18.4 Å². The van der Waals surface area contributed by atoms with Crippen molar-refractivity contribution in [2.24, 2.45) is 5.41 Å². The van der Waals surface area contributed by atoms with Crippen molar-refractivity contribution < 1.29 is 14.8 Å². The second-order valence-electron chi connectivity index (χ2n) is 8.00. The number of nitrogens with zero attached hydrogens (tertiary/aromatic N) is 1. The van der Waals surface area contributed by atoms with Gasteiger partial charge in [-0.3, -0.25) is 14.8 Å². The van der Waals surface area contributed by atoms with Crippen LogP contribution in [0.2, 0.25) is 0 Å². The molecular formula is C20H28N2O3. The summed E-state index contributed by atoms with van der Waals surface area (Å²) in [6.07, 6.45) is 7.53. The summed E-state index contributed by atoms with van der Waals surface area (Å²) in [7, 11) is 0. The second-order valence-corrected chi connectivity index (χ2v) is 8.00. The molecule has 1 aromatic carbocycles. The van der Waals surface area contributed by atoms with Crippen LogP contribution in [0.1, 0.15) is 67.4 Å². The first-order valence-electron chi connectivity index (χ1n) is 9.25. The first-order valence-corrected chi connectivity index (χ1v) is 9.25. The number of carbonyl (C=O) groups excluding carboxylic acids is 2. The lowest BCUT2D eigenvalue weighted by Gasteiger charge is -2.41. The quantitative estimate of drug-likeness (QED) is 0.651. The van der Waals surface area contributed by atoms with Crippen molar-refractivity contribution in [3.05, 3.63) is 34.9 Å². The zero-order valence-corrected chi connectivity index (χ0v) is 15.2. The molecule has 1 atom stereocenters. The largest absolute Gasteiger partial charge is 0.339 e. The van der Waals surface area contributed by atoms with Crippen LogP contribution in [-0.4, -0.2) is 34.5 Å². The van der Waals surface area contributed by atoms with Gasteiger partial charge in [-0.15, -0.1) is 0 Å². The predicted molar refractivity (Wildman–Crippen MR) is 95.5 cm³/mol. The predicted octanol–water partition coefficient (Wildman–Crippen LogP) is 3.09. The molecule has 0 aromatic heterocycles. The van der Waals surface area contributed by atoms with Crippen LogP contribution >= 0.6 is 0 Å². The van der Waals surface area contributed by atoms with E-state index in [9.17, 15) is 9.59 Å². The molecule has 2 amide bonds. The summed E-state index contributed by atoms with van der Waals surface area (Å²) in [6.45, 7) is 4.71. The maximum absolute atomic E-state index is 12.2. The van der Waals surface area contributed by atoms with Gasteiger partial charge in [0.15, 0.2) is 0 Å². The molecule has 1 saturated carbocycles. The van der Waals surface area contributed by atoms with Crippen LogP contribution in [0.15, 0.2) is 18.2 Å². The Kier molecular flexibility index (Phi) is 5.13. The number of benzene rings is 1. The number of fused-ring (bicyclic) bond motifs is 1. The molecule has 2 aliphatic carbocycles. The van der Waals surface area contributed by atoms with Crippen molar-refractivity contribution in [1.82, 2.24) is 10.4 Å². The van der Waals surface area contributed by atoms with Crippen molar-refractivity contribution in [3.8, 4) is 0 Å². The molecule has 2 N–H and O–H groups in total. The van der Waals surface area contributed by atoms with Gasteiger partial charge in [0.05, 0.1) is 0 Å². The Morgan fingerprint density at radius 3 is 2.64 bits per heavy atom. The van der Waals surface area contributed by atoms with Crippen LogP contribution in [0.4, 0.5) is 0 Å². The molecule has 1 unspecified atom stereocenters. The fraction of sp³-hybridized carbons (Fsp3) is 0.600. The van der Waals surface area contributed by atoms with Gasteiger partial charge in [-0.2, -0.15) is 0 Å². The summed E-state index contributed by atoms with van der Waals surface area (Å²) in [5, 5.41) is 8.85. The highest BCUT2D eigenvalue weighted by Gasteiger charge is 2.35. The van der Waals surface area contributed by atoms with Crippen LogP contribution < -0.4 is 5.48 Å². The first-order chi connectivity index (χ1) is 11.9. The van der Waals surface area contributed by atoms with Gasteiger partial charge < -0.3 is 4.90 Å². The molecule has 0 bridgehead atoms. The van der Waals surface area contributed by atoms with E-state index in [4.69, 9.17) is 5.21 Å². The topological polar surface area (TPSA) is 69.6 Å². The number of amides is 2. The lowest BCUT2D eigenvalue weighted by atomic mass is 9.72. The molecule has 25 heavy (non-hydrogen) atoms.